The fourth-order valence-electron chi connectivity index (χ4n) is 6.27. The van der Waals surface area contributed by atoms with Crippen LogP contribution < -0.4 is 16.2 Å². The molecule has 0 amide bonds. The van der Waals surface area contributed by atoms with Crippen molar-refractivity contribution in [1.82, 2.24) is 30.4 Å². The first-order chi connectivity index (χ1) is 16.6. The molecule has 3 aromatic heterocycles. The van der Waals surface area contributed by atoms with E-state index in [2.05, 4.69) is 54.5 Å². The molecular formula is C25H26N8O. The number of nitrogens with one attached hydrogen (secondary N) is 2. The molecule has 172 valence electrons. The number of nitrogens with zero attached hydrogens (tertiary/aromatic N) is 5. The minimum absolute atomic E-state index is 0.0617. The Balaban J connectivity index is 1.17. The van der Waals surface area contributed by atoms with Crippen molar-refractivity contribution in [2.24, 2.45) is 11.1 Å². The van der Waals surface area contributed by atoms with Gasteiger partial charge in [0, 0.05) is 30.7 Å². The molecule has 4 heterocycles. The minimum atomic E-state index is -0.258. The topological polar surface area (TPSA) is 129 Å². The number of hydrogen-bond donors (Lipinski definition) is 3. The maximum atomic E-state index is 13.3. The zero-order valence-corrected chi connectivity index (χ0v) is 18.8. The number of hydrogen-bond acceptors (Lipinski definition) is 7. The van der Waals surface area contributed by atoms with Crippen molar-refractivity contribution in [3.05, 3.63) is 75.5 Å². The molecule has 9 heteroatoms. The molecule has 7 rings (SSSR count). The predicted molar refractivity (Wildman–Crippen MR) is 128 cm³/mol. The molecule has 1 spiro atoms. The molecule has 0 unspecified atom stereocenters. The lowest BCUT2D eigenvalue weighted by Crippen LogP contribution is -2.45. The van der Waals surface area contributed by atoms with Gasteiger partial charge in [0.15, 0.2) is 5.65 Å². The van der Waals surface area contributed by atoms with E-state index in [9.17, 15) is 4.79 Å². The van der Waals surface area contributed by atoms with Crippen molar-refractivity contribution < 1.29 is 0 Å². The third-order valence-electron chi connectivity index (χ3n) is 8.43. The molecule has 2 aliphatic carbocycles. The van der Waals surface area contributed by atoms with E-state index in [1.807, 2.05) is 6.07 Å². The number of piperidine rings is 1. The number of aromatic amines is 2. The predicted octanol–water partition coefficient (Wildman–Crippen LogP) is 2.36. The Bertz CT molecular complexity index is 1450. The van der Waals surface area contributed by atoms with Crippen molar-refractivity contribution in [2.45, 2.75) is 43.6 Å². The lowest BCUT2D eigenvalue weighted by atomic mass is 9.73. The van der Waals surface area contributed by atoms with Gasteiger partial charge in [0.1, 0.15) is 5.39 Å². The van der Waals surface area contributed by atoms with Gasteiger partial charge >= 0.3 is 0 Å². The van der Waals surface area contributed by atoms with Crippen molar-refractivity contribution in [3.63, 3.8) is 0 Å². The lowest BCUT2D eigenvalue weighted by Gasteiger charge is -2.42. The molecule has 1 aromatic carbocycles. The third-order valence-corrected chi connectivity index (χ3v) is 8.43. The standard InChI is InChI=1S/C25H26N8O/c26-19-17-4-2-1-3-15(17)13-24(19)8-11-33(12-9-24)23-29-21-18(22(34)30-23)20(31-32-21)25(6-7-25)16-5-10-27-28-14-16/h1-5,10,14,19H,6-9,11-13,26H2,(H2,29,30,31,32,34)/t19-/m1/s1. The summed E-state index contributed by atoms with van der Waals surface area (Å²) in [7, 11) is 0. The first kappa shape index (κ1) is 19.8. The largest absolute Gasteiger partial charge is 0.342 e. The second kappa shape index (κ2) is 6.96. The van der Waals surface area contributed by atoms with Gasteiger partial charge < -0.3 is 10.6 Å². The van der Waals surface area contributed by atoms with E-state index in [1.165, 1.54) is 11.1 Å². The summed E-state index contributed by atoms with van der Waals surface area (Å²) in [5.41, 5.74) is 11.4. The van der Waals surface area contributed by atoms with Crippen LogP contribution in [0, 0.1) is 5.41 Å². The van der Waals surface area contributed by atoms with Crippen LogP contribution in [0.4, 0.5) is 5.95 Å². The van der Waals surface area contributed by atoms with Gasteiger partial charge in [-0.25, -0.2) is 0 Å². The van der Waals surface area contributed by atoms with Crippen LogP contribution in [0.1, 0.15) is 54.1 Å². The highest BCUT2D eigenvalue weighted by atomic mass is 16.1. The Morgan fingerprint density at radius 3 is 2.62 bits per heavy atom. The Labute approximate surface area is 195 Å². The number of nitrogens with two attached hydrogens (primary N) is 1. The van der Waals surface area contributed by atoms with Crippen molar-refractivity contribution in [1.29, 1.82) is 0 Å². The first-order valence-electron chi connectivity index (χ1n) is 11.9. The summed E-state index contributed by atoms with van der Waals surface area (Å²) in [6, 6.07) is 10.6. The molecule has 4 aromatic rings. The first-order valence-corrected chi connectivity index (χ1v) is 11.9. The zero-order chi connectivity index (χ0) is 22.9. The average molecular weight is 455 g/mol. The quantitative estimate of drug-likeness (QED) is 0.433. The molecule has 9 nitrogen and oxygen atoms in total. The van der Waals surface area contributed by atoms with Gasteiger partial charge in [-0.3, -0.25) is 14.9 Å². The van der Waals surface area contributed by atoms with Gasteiger partial charge in [-0.2, -0.15) is 20.3 Å². The molecule has 0 bridgehead atoms. The van der Waals surface area contributed by atoms with Crippen LogP contribution in [0.5, 0.6) is 0 Å². The zero-order valence-electron chi connectivity index (χ0n) is 18.8. The summed E-state index contributed by atoms with van der Waals surface area (Å²) < 4.78 is 0. The van der Waals surface area contributed by atoms with Crippen LogP contribution in [-0.4, -0.2) is 43.5 Å². The smallest absolute Gasteiger partial charge is 0.263 e. The Morgan fingerprint density at radius 1 is 1.06 bits per heavy atom. The molecule has 2 fully saturated rings. The maximum Gasteiger partial charge on any atom is 0.263 e. The number of fused-ring (bicyclic) bond motifs is 2. The second-order valence-electron chi connectivity index (χ2n) is 10.1. The van der Waals surface area contributed by atoms with Crippen molar-refractivity contribution >= 4 is 17.0 Å². The monoisotopic (exact) mass is 454 g/mol. The summed E-state index contributed by atoms with van der Waals surface area (Å²) in [5.74, 6) is 0.588. The number of anilines is 1. The van der Waals surface area contributed by atoms with Gasteiger partial charge in [-0.15, -0.1) is 0 Å². The molecule has 3 aliphatic rings. The fourth-order valence-corrected chi connectivity index (χ4v) is 6.27. The molecule has 34 heavy (non-hydrogen) atoms. The molecule has 1 saturated heterocycles. The van der Waals surface area contributed by atoms with Gasteiger partial charge in [-0.1, -0.05) is 24.3 Å². The summed E-state index contributed by atoms with van der Waals surface area (Å²) in [5, 5.41) is 16.0. The number of aromatic nitrogens is 6. The number of rotatable bonds is 3. The molecule has 0 radical (unpaired) electrons. The molecule has 4 N–H and O–H groups in total. The van der Waals surface area contributed by atoms with Gasteiger partial charge in [0.05, 0.1) is 11.9 Å². The molecule has 1 saturated carbocycles. The van der Waals surface area contributed by atoms with Crippen LogP contribution in [0.25, 0.3) is 11.0 Å². The van der Waals surface area contributed by atoms with Crippen LogP contribution in [0.2, 0.25) is 0 Å². The SMILES string of the molecule is N[C@@H]1c2ccccc2CC12CCN(c1nc3n[nH]c(C4(c5ccnnc5)CC4)c3c(=O)[nH]1)CC2. The van der Waals surface area contributed by atoms with Crippen molar-refractivity contribution in [2.75, 3.05) is 18.0 Å². The van der Waals surface area contributed by atoms with E-state index >= 15 is 0 Å². The fraction of sp³-hybridized carbons (Fsp3) is 0.400. The summed E-state index contributed by atoms with van der Waals surface area (Å²) in [4.78, 5) is 23.2. The van der Waals surface area contributed by atoms with E-state index in [0.717, 1.165) is 56.5 Å². The van der Waals surface area contributed by atoms with Gasteiger partial charge in [0.2, 0.25) is 5.95 Å². The van der Waals surface area contributed by atoms with Crippen molar-refractivity contribution in [3.8, 4) is 0 Å². The highest BCUT2D eigenvalue weighted by Crippen LogP contribution is 2.54. The Kier molecular flexibility index (Phi) is 4.06. The average Bonchev–Trinajstić information content (AvgIpc) is 3.49. The van der Waals surface area contributed by atoms with Crippen LogP contribution in [-0.2, 0) is 11.8 Å². The normalized spacial score (nSPS) is 22.3. The third kappa shape index (κ3) is 2.73. The summed E-state index contributed by atoms with van der Waals surface area (Å²) >= 11 is 0. The van der Waals surface area contributed by atoms with Crippen LogP contribution in [0.15, 0.2) is 47.5 Å². The Morgan fingerprint density at radius 2 is 1.88 bits per heavy atom. The van der Waals surface area contributed by atoms with E-state index in [-0.39, 0.29) is 22.4 Å². The highest BCUT2D eigenvalue weighted by Gasteiger charge is 2.50. The minimum Gasteiger partial charge on any atom is -0.342 e. The molecule has 1 atom stereocenters. The van der Waals surface area contributed by atoms with Crippen LogP contribution in [0.3, 0.4) is 0 Å². The van der Waals surface area contributed by atoms with E-state index in [0.29, 0.717) is 17.0 Å². The summed E-state index contributed by atoms with van der Waals surface area (Å²) in [6.45, 7) is 1.61. The van der Waals surface area contributed by atoms with Gasteiger partial charge in [-0.05, 0) is 60.3 Å². The molecular weight excluding hydrogens is 428 g/mol. The number of benzene rings is 1. The van der Waals surface area contributed by atoms with Crippen LogP contribution >= 0.6 is 0 Å². The Hall–Kier alpha value is -3.59. The number of H-pyrrole nitrogens is 2. The second-order valence-corrected chi connectivity index (χ2v) is 10.1. The highest BCUT2D eigenvalue weighted by molar-refractivity contribution is 5.80. The van der Waals surface area contributed by atoms with E-state index in [4.69, 9.17) is 10.7 Å². The lowest BCUT2D eigenvalue weighted by molar-refractivity contribution is 0.187. The molecule has 1 aliphatic heterocycles. The van der Waals surface area contributed by atoms with E-state index in [1.54, 1.807) is 12.4 Å². The maximum absolute atomic E-state index is 13.3. The van der Waals surface area contributed by atoms with Gasteiger partial charge in [0.25, 0.3) is 5.56 Å². The summed E-state index contributed by atoms with van der Waals surface area (Å²) in [6.07, 6.45) is 8.29. The van der Waals surface area contributed by atoms with E-state index < -0.39 is 0 Å².